The molecule has 2 aromatic rings. The summed E-state index contributed by atoms with van der Waals surface area (Å²) in [5, 5.41) is 9.19. The van der Waals surface area contributed by atoms with Crippen molar-refractivity contribution in [3.8, 4) is 0 Å². The first-order valence-electron chi connectivity index (χ1n) is 8.98. The van der Waals surface area contributed by atoms with E-state index in [0.717, 1.165) is 37.1 Å². The van der Waals surface area contributed by atoms with Crippen molar-refractivity contribution in [3.63, 3.8) is 0 Å². The number of hydrogen-bond donors (Lipinski definition) is 3. The number of aromatic nitrogens is 2. The molecule has 0 saturated heterocycles. The average molecular weight is 387 g/mol. The molecule has 1 aromatic carbocycles. The molecular weight excluding hydrogens is 364 g/mol. The molecular formula is C19H23ClN6O. The monoisotopic (exact) mass is 386 g/mol. The van der Waals surface area contributed by atoms with Gasteiger partial charge in [0.15, 0.2) is 0 Å². The van der Waals surface area contributed by atoms with Gasteiger partial charge in [0.25, 0.3) is 0 Å². The summed E-state index contributed by atoms with van der Waals surface area (Å²) in [6.07, 6.45) is 4.33. The third-order valence-electron chi connectivity index (χ3n) is 4.18. The molecule has 1 aliphatic carbocycles. The summed E-state index contributed by atoms with van der Waals surface area (Å²) >= 11 is 5.87. The second-order valence-corrected chi connectivity index (χ2v) is 7.04. The van der Waals surface area contributed by atoms with Crippen molar-refractivity contribution in [2.24, 2.45) is 4.99 Å². The lowest BCUT2D eigenvalue weighted by Gasteiger charge is -2.14. The van der Waals surface area contributed by atoms with Crippen molar-refractivity contribution < 1.29 is 4.79 Å². The van der Waals surface area contributed by atoms with Crippen LogP contribution in [0.3, 0.4) is 0 Å². The molecule has 142 valence electrons. The maximum Gasteiger partial charge on any atom is 0.326 e. The number of guanidine groups is 1. The third kappa shape index (κ3) is 5.92. The molecule has 2 amide bonds. The van der Waals surface area contributed by atoms with E-state index in [1.807, 2.05) is 19.9 Å². The number of carbonyl (C=O) groups excluding carboxylic acids is 1. The minimum atomic E-state index is -0.397. The van der Waals surface area contributed by atoms with Crippen molar-refractivity contribution >= 4 is 35.2 Å². The number of aliphatic imine (C=N–C) groups is 1. The molecule has 0 spiro atoms. The van der Waals surface area contributed by atoms with Crippen molar-refractivity contribution in [2.45, 2.75) is 45.6 Å². The summed E-state index contributed by atoms with van der Waals surface area (Å²) in [7, 11) is 0. The van der Waals surface area contributed by atoms with Gasteiger partial charge in [-0.2, -0.15) is 0 Å². The van der Waals surface area contributed by atoms with E-state index in [9.17, 15) is 4.79 Å². The summed E-state index contributed by atoms with van der Waals surface area (Å²) in [5.74, 6) is 0.759. The van der Waals surface area contributed by atoms with Crippen LogP contribution in [0.5, 0.6) is 0 Å². The Labute approximate surface area is 163 Å². The van der Waals surface area contributed by atoms with Crippen LogP contribution in [0.1, 0.15) is 37.1 Å². The zero-order valence-electron chi connectivity index (χ0n) is 15.4. The Bertz CT molecular complexity index is 810. The van der Waals surface area contributed by atoms with E-state index in [2.05, 4.69) is 30.9 Å². The van der Waals surface area contributed by atoms with E-state index in [-0.39, 0.29) is 6.04 Å². The lowest BCUT2D eigenvalue weighted by molar-refractivity contribution is 0.256. The van der Waals surface area contributed by atoms with Gasteiger partial charge in [0, 0.05) is 22.1 Å². The number of halogens is 1. The summed E-state index contributed by atoms with van der Waals surface area (Å²) in [5.41, 5.74) is 2.33. The van der Waals surface area contributed by atoms with Crippen molar-refractivity contribution in [3.05, 3.63) is 46.7 Å². The van der Waals surface area contributed by atoms with Gasteiger partial charge in [0.2, 0.25) is 11.9 Å². The molecule has 1 saturated carbocycles. The van der Waals surface area contributed by atoms with Gasteiger partial charge in [-0.3, -0.25) is 10.6 Å². The minimum Gasteiger partial charge on any atom is -0.308 e. The van der Waals surface area contributed by atoms with E-state index in [1.165, 1.54) is 0 Å². The standard InChI is InChI=1S/C19H23ClN6O/c1-12-11-13(2)22-17(21-12)25-18(23-15-5-3-4-6-15)26-19(27)24-16-9-7-14(20)8-10-16/h7-11,15H,3-6H2,1-2H3,(H3,21,22,23,24,25,26,27). The van der Waals surface area contributed by atoms with E-state index in [1.54, 1.807) is 24.3 Å². The molecule has 3 N–H and O–H groups in total. The lowest BCUT2D eigenvalue weighted by atomic mass is 10.3. The topological polar surface area (TPSA) is 91.3 Å². The molecule has 0 unspecified atom stereocenters. The van der Waals surface area contributed by atoms with Crippen LogP contribution < -0.4 is 16.0 Å². The number of amides is 2. The van der Waals surface area contributed by atoms with Gasteiger partial charge in [0.1, 0.15) is 0 Å². The Morgan fingerprint density at radius 3 is 2.33 bits per heavy atom. The Balaban J connectivity index is 1.72. The third-order valence-corrected chi connectivity index (χ3v) is 4.43. The summed E-state index contributed by atoms with van der Waals surface area (Å²) in [6.45, 7) is 3.79. The van der Waals surface area contributed by atoms with Crippen LogP contribution in [-0.2, 0) is 0 Å². The summed E-state index contributed by atoms with van der Waals surface area (Å²) in [4.78, 5) is 25.8. The van der Waals surface area contributed by atoms with Crippen LogP contribution in [-0.4, -0.2) is 28.0 Å². The molecule has 1 fully saturated rings. The van der Waals surface area contributed by atoms with Crippen LogP contribution in [0.4, 0.5) is 16.4 Å². The number of aryl methyl sites for hydroxylation is 2. The smallest absolute Gasteiger partial charge is 0.308 e. The van der Waals surface area contributed by atoms with Crippen LogP contribution in [0.2, 0.25) is 5.02 Å². The number of nitrogens with one attached hydrogen (secondary N) is 3. The van der Waals surface area contributed by atoms with Gasteiger partial charge in [-0.05, 0) is 57.0 Å². The van der Waals surface area contributed by atoms with E-state index in [0.29, 0.717) is 22.6 Å². The number of anilines is 2. The molecule has 0 radical (unpaired) electrons. The normalized spacial score (nSPS) is 14.9. The summed E-state index contributed by atoms with van der Waals surface area (Å²) < 4.78 is 0. The number of rotatable bonds is 3. The first-order valence-corrected chi connectivity index (χ1v) is 9.36. The predicted octanol–water partition coefficient (Wildman–Crippen LogP) is 4.28. The Morgan fingerprint density at radius 1 is 1.07 bits per heavy atom. The molecule has 3 rings (SSSR count). The maximum atomic E-state index is 12.4. The molecule has 0 atom stereocenters. The first-order chi connectivity index (χ1) is 13.0. The van der Waals surface area contributed by atoms with Gasteiger partial charge in [-0.25, -0.2) is 19.8 Å². The fraction of sp³-hybridized carbons (Fsp3) is 0.368. The molecule has 0 bridgehead atoms. The van der Waals surface area contributed by atoms with E-state index in [4.69, 9.17) is 11.6 Å². The molecule has 1 aliphatic rings. The summed E-state index contributed by atoms with van der Waals surface area (Å²) in [6, 6.07) is 8.57. The van der Waals surface area contributed by atoms with Crippen molar-refractivity contribution in [2.75, 3.05) is 10.6 Å². The Morgan fingerprint density at radius 2 is 1.70 bits per heavy atom. The highest BCUT2D eigenvalue weighted by Crippen LogP contribution is 2.21. The molecule has 27 heavy (non-hydrogen) atoms. The number of carbonyl (C=O) groups is 1. The van der Waals surface area contributed by atoms with Crippen LogP contribution in [0, 0.1) is 13.8 Å². The van der Waals surface area contributed by atoms with Gasteiger partial charge < -0.3 is 5.32 Å². The number of benzene rings is 1. The Hall–Kier alpha value is -2.67. The van der Waals surface area contributed by atoms with Crippen LogP contribution >= 0.6 is 11.6 Å². The van der Waals surface area contributed by atoms with E-state index >= 15 is 0 Å². The van der Waals surface area contributed by atoms with Crippen LogP contribution in [0.25, 0.3) is 0 Å². The minimum absolute atomic E-state index is 0.189. The highest BCUT2D eigenvalue weighted by Gasteiger charge is 2.17. The second kappa shape index (κ2) is 8.81. The largest absolute Gasteiger partial charge is 0.326 e. The van der Waals surface area contributed by atoms with Gasteiger partial charge in [0.05, 0.1) is 6.04 Å². The fourth-order valence-corrected chi connectivity index (χ4v) is 3.13. The molecule has 0 aliphatic heterocycles. The number of nitrogens with zero attached hydrogens (tertiary/aromatic N) is 3. The molecule has 1 heterocycles. The van der Waals surface area contributed by atoms with Crippen molar-refractivity contribution in [1.29, 1.82) is 0 Å². The SMILES string of the molecule is Cc1cc(C)nc(NC(=NC2CCCC2)NC(=O)Nc2ccc(Cl)cc2)n1. The van der Waals surface area contributed by atoms with Gasteiger partial charge in [-0.1, -0.05) is 24.4 Å². The zero-order valence-corrected chi connectivity index (χ0v) is 16.2. The van der Waals surface area contributed by atoms with Gasteiger partial charge >= 0.3 is 6.03 Å². The zero-order chi connectivity index (χ0) is 19.2. The average Bonchev–Trinajstić information content (AvgIpc) is 3.09. The first kappa shape index (κ1) is 19.1. The van der Waals surface area contributed by atoms with Gasteiger partial charge in [-0.15, -0.1) is 0 Å². The Kier molecular flexibility index (Phi) is 6.24. The highest BCUT2D eigenvalue weighted by atomic mass is 35.5. The highest BCUT2D eigenvalue weighted by molar-refractivity contribution is 6.30. The lowest BCUT2D eigenvalue weighted by Crippen LogP contribution is -2.40. The number of hydrogen-bond acceptors (Lipinski definition) is 4. The van der Waals surface area contributed by atoms with E-state index < -0.39 is 6.03 Å². The van der Waals surface area contributed by atoms with Crippen molar-refractivity contribution in [1.82, 2.24) is 15.3 Å². The predicted molar refractivity (Wildman–Crippen MR) is 108 cm³/mol. The molecule has 1 aromatic heterocycles. The number of urea groups is 1. The quantitative estimate of drug-likeness (QED) is 0.542. The fourth-order valence-electron chi connectivity index (χ4n) is 3.00. The maximum absolute atomic E-state index is 12.4. The second-order valence-electron chi connectivity index (χ2n) is 6.60. The van der Waals surface area contributed by atoms with Crippen LogP contribution in [0.15, 0.2) is 35.3 Å². The molecule has 7 nitrogen and oxygen atoms in total. The molecule has 8 heteroatoms.